The number of hydrogen-bond donors (Lipinski definition) is 0. The summed E-state index contributed by atoms with van der Waals surface area (Å²) in [6, 6.07) is 5.98. The predicted octanol–water partition coefficient (Wildman–Crippen LogP) is 2.67. The summed E-state index contributed by atoms with van der Waals surface area (Å²) < 4.78 is 5.07. The van der Waals surface area contributed by atoms with Crippen molar-refractivity contribution in [2.45, 2.75) is 39.5 Å². The molecule has 0 aliphatic heterocycles. The van der Waals surface area contributed by atoms with Crippen molar-refractivity contribution in [2.75, 3.05) is 6.61 Å². The normalized spacial score (nSPS) is 10.1. The highest BCUT2D eigenvalue weighted by Crippen LogP contribution is 2.02. The molecule has 0 unspecified atom stereocenters. The molecule has 0 saturated heterocycles. The highest BCUT2D eigenvalue weighted by molar-refractivity contribution is 5.69. The molecule has 0 bridgehead atoms. The number of esters is 1. The van der Waals surface area contributed by atoms with Crippen molar-refractivity contribution < 1.29 is 9.53 Å². The maximum atomic E-state index is 11.1. The summed E-state index contributed by atoms with van der Waals surface area (Å²) in [4.78, 5) is 15.5. The topological polar surface area (TPSA) is 39.2 Å². The minimum atomic E-state index is -0.0975. The molecule has 0 aliphatic rings. The molecule has 1 heterocycles. The van der Waals surface area contributed by atoms with Crippen molar-refractivity contribution in [3.8, 4) is 0 Å². The Bertz CT molecular complexity index is 336. The summed E-state index contributed by atoms with van der Waals surface area (Å²) >= 11 is 0. The van der Waals surface area contributed by atoms with Crippen molar-refractivity contribution in [2.24, 2.45) is 0 Å². The van der Waals surface area contributed by atoms with Gasteiger partial charge in [-0.2, -0.15) is 0 Å². The number of aryl methyl sites for hydroxylation is 2. The van der Waals surface area contributed by atoms with Gasteiger partial charge in [0.1, 0.15) is 0 Å². The Kier molecular flexibility index (Phi) is 5.54. The molecule has 1 aromatic rings. The number of aromatic nitrogens is 1. The predicted molar refractivity (Wildman–Crippen MR) is 63.2 cm³/mol. The Balaban J connectivity index is 2.18. The van der Waals surface area contributed by atoms with Crippen LogP contribution in [-0.2, 0) is 16.0 Å². The summed E-state index contributed by atoms with van der Waals surface area (Å²) in [5, 5.41) is 0. The zero-order valence-electron chi connectivity index (χ0n) is 10.0. The van der Waals surface area contributed by atoms with Crippen molar-refractivity contribution >= 4 is 5.97 Å². The van der Waals surface area contributed by atoms with Gasteiger partial charge in [0, 0.05) is 17.8 Å². The number of ether oxygens (including phenoxy) is 1. The van der Waals surface area contributed by atoms with Gasteiger partial charge in [0.15, 0.2) is 0 Å². The molecule has 0 fully saturated rings. The van der Waals surface area contributed by atoms with Crippen LogP contribution in [0.3, 0.4) is 0 Å². The molecule has 0 aromatic carbocycles. The number of nitrogens with zero attached hydrogens (tertiary/aromatic N) is 1. The Morgan fingerprint density at radius 3 is 2.94 bits per heavy atom. The average Bonchev–Trinajstić information content (AvgIpc) is 2.25. The average molecular weight is 221 g/mol. The fourth-order valence-corrected chi connectivity index (χ4v) is 1.45. The molecule has 0 spiro atoms. The second kappa shape index (κ2) is 6.99. The molecule has 1 rings (SSSR count). The molecule has 16 heavy (non-hydrogen) atoms. The SMILES string of the molecule is CCCC(=O)OCCCc1cccc(C)n1. The van der Waals surface area contributed by atoms with E-state index in [9.17, 15) is 4.79 Å². The molecule has 0 atom stereocenters. The first-order valence-electron chi connectivity index (χ1n) is 5.80. The van der Waals surface area contributed by atoms with E-state index in [1.807, 2.05) is 32.0 Å². The number of carbonyl (C=O) groups excluding carboxylic acids is 1. The van der Waals surface area contributed by atoms with Crippen LogP contribution in [0.15, 0.2) is 18.2 Å². The van der Waals surface area contributed by atoms with E-state index in [1.165, 1.54) is 0 Å². The van der Waals surface area contributed by atoms with Gasteiger partial charge in [-0.25, -0.2) is 0 Å². The van der Waals surface area contributed by atoms with Gasteiger partial charge in [-0.3, -0.25) is 9.78 Å². The Morgan fingerprint density at radius 2 is 2.25 bits per heavy atom. The summed E-state index contributed by atoms with van der Waals surface area (Å²) in [6.07, 6.45) is 3.06. The van der Waals surface area contributed by atoms with Gasteiger partial charge in [-0.05, 0) is 38.3 Å². The van der Waals surface area contributed by atoms with Crippen molar-refractivity contribution in [3.05, 3.63) is 29.6 Å². The quantitative estimate of drug-likeness (QED) is 0.547. The van der Waals surface area contributed by atoms with E-state index in [0.29, 0.717) is 13.0 Å². The highest BCUT2D eigenvalue weighted by atomic mass is 16.5. The third-order valence-electron chi connectivity index (χ3n) is 2.24. The van der Waals surface area contributed by atoms with Gasteiger partial charge in [-0.15, -0.1) is 0 Å². The van der Waals surface area contributed by atoms with E-state index in [0.717, 1.165) is 30.7 Å². The minimum absolute atomic E-state index is 0.0975. The fraction of sp³-hybridized carbons (Fsp3) is 0.538. The number of pyridine rings is 1. The second-order valence-electron chi connectivity index (χ2n) is 3.84. The maximum absolute atomic E-state index is 11.1. The second-order valence-corrected chi connectivity index (χ2v) is 3.84. The standard InChI is InChI=1S/C13H19NO2/c1-3-6-13(15)16-10-5-9-12-8-4-7-11(2)14-12/h4,7-8H,3,5-6,9-10H2,1-2H3. The summed E-state index contributed by atoms with van der Waals surface area (Å²) in [6.45, 7) is 4.44. The van der Waals surface area contributed by atoms with Crippen LogP contribution < -0.4 is 0 Å². The number of hydrogen-bond acceptors (Lipinski definition) is 3. The first-order chi connectivity index (χ1) is 7.72. The van der Waals surface area contributed by atoms with Crippen LogP contribution in [0.2, 0.25) is 0 Å². The van der Waals surface area contributed by atoms with Gasteiger partial charge >= 0.3 is 5.97 Å². The number of carbonyl (C=O) groups is 1. The third-order valence-corrected chi connectivity index (χ3v) is 2.24. The first-order valence-corrected chi connectivity index (χ1v) is 5.80. The molecular formula is C13H19NO2. The van der Waals surface area contributed by atoms with Gasteiger partial charge in [0.05, 0.1) is 6.61 Å². The Hall–Kier alpha value is -1.38. The number of rotatable bonds is 6. The smallest absolute Gasteiger partial charge is 0.305 e. The monoisotopic (exact) mass is 221 g/mol. The van der Waals surface area contributed by atoms with Crippen LogP contribution in [0.5, 0.6) is 0 Å². The van der Waals surface area contributed by atoms with Crippen LogP contribution in [-0.4, -0.2) is 17.6 Å². The van der Waals surface area contributed by atoms with E-state index in [2.05, 4.69) is 4.98 Å². The van der Waals surface area contributed by atoms with Crippen LogP contribution in [0.1, 0.15) is 37.6 Å². The zero-order chi connectivity index (χ0) is 11.8. The van der Waals surface area contributed by atoms with Gasteiger partial charge in [0.2, 0.25) is 0 Å². The molecule has 0 saturated carbocycles. The van der Waals surface area contributed by atoms with Crippen LogP contribution in [0.4, 0.5) is 0 Å². The fourth-order valence-electron chi connectivity index (χ4n) is 1.45. The van der Waals surface area contributed by atoms with Gasteiger partial charge in [-0.1, -0.05) is 13.0 Å². The molecule has 3 heteroatoms. The van der Waals surface area contributed by atoms with Crippen LogP contribution >= 0.6 is 0 Å². The van der Waals surface area contributed by atoms with E-state index in [-0.39, 0.29) is 5.97 Å². The minimum Gasteiger partial charge on any atom is -0.466 e. The lowest BCUT2D eigenvalue weighted by molar-refractivity contribution is -0.143. The lowest BCUT2D eigenvalue weighted by Crippen LogP contribution is -2.06. The first kappa shape index (κ1) is 12.7. The van der Waals surface area contributed by atoms with Crippen LogP contribution in [0.25, 0.3) is 0 Å². The molecule has 3 nitrogen and oxygen atoms in total. The molecule has 0 radical (unpaired) electrons. The lowest BCUT2D eigenvalue weighted by atomic mass is 10.2. The van der Waals surface area contributed by atoms with E-state index in [4.69, 9.17) is 4.74 Å². The van der Waals surface area contributed by atoms with Crippen molar-refractivity contribution in [1.82, 2.24) is 4.98 Å². The molecular weight excluding hydrogens is 202 g/mol. The highest BCUT2D eigenvalue weighted by Gasteiger charge is 2.00. The molecule has 0 aliphatic carbocycles. The lowest BCUT2D eigenvalue weighted by Gasteiger charge is -2.04. The molecule has 88 valence electrons. The largest absolute Gasteiger partial charge is 0.466 e. The van der Waals surface area contributed by atoms with Crippen molar-refractivity contribution in [3.63, 3.8) is 0 Å². The molecule has 0 N–H and O–H groups in total. The van der Waals surface area contributed by atoms with E-state index >= 15 is 0 Å². The maximum Gasteiger partial charge on any atom is 0.305 e. The van der Waals surface area contributed by atoms with Gasteiger partial charge < -0.3 is 4.74 Å². The summed E-state index contributed by atoms with van der Waals surface area (Å²) in [5.41, 5.74) is 2.09. The third kappa shape index (κ3) is 4.91. The summed E-state index contributed by atoms with van der Waals surface area (Å²) in [7, 11) is 0. The molecule has 0 amide bonds. The summed E-state index contributed by atoms with van der Waals surface area (Å²) in [5.74, 6) is -0.0975. The van der Waals surface area contributed by atoms with Crippen molar-refractivity contribution in [1.29, 1.82) is 0 Å². The Morgan fingerprint density at radius 1 is 1.44 bits per heavy atom. The van der Waals surface area contributed by atoms with Crippen LogP contribution in [0, 0.1) is 6.92 Å². The Labute approximate surface area is 96.8 Å². The van der Waals surface area contributed by atoms with Gasteiger partial charge in [0.25, 0.3) is 0 Å². The van der Waals surface area contributed by atoms with E-state index in [1.54, 1.807) is 0 Å². The van der Waals surface area contributed by atoms with E-state index < -0.39 is 0 Å². The zero-order valence-corrected chi connectivity index (χ0v) is 10.0. The molecule has 1 aromatic heterocycles.